The Morgan fingerprint density at radius 1 is 1.44 bits per heavy atom. The van der Waals surface area contributed by atoms with E-state index >= 15 is 0 Å². The van der Waals surface area contributed by atoms with E-state index in [0.29, 0.717) is 12.5 Å². The summed E-state index contributed by atoms with van der Waals surface area (Å²) >= 11 is 0. The lowest BCUT2D eigenvalue weighted by Gasteiger charge is -2.19. The predicted molar refractivity (Wildman–Crippen MR) is 69.2 cm³/mol. The average Bonchev–Trinajstić information content (AvgIpc) is 2.83. The smallest absolute Gasteiger partial charge is 0.140 e. The summed E-state index contributed by atoms with van der Waals surface area (Å²) in [6.45, 7) is 4.37. The third-order valence-corrected chi connectivity index (χ3v) is 3.40. The van der Waals surface area contributed by atoms with Crippen LogP contribution in [0.2, 0.25) is 0 Å². The Morgan fingerprint density at radius 3 is 3.06 bits per heavy atom. The second-order valence-electron chi connectivity index (χ2n) is 4.61. The molecule has 3 rings (SSSR count). The number of nitrogens with zero attached hydrogens (tertiary/aromatic N) is 2. The zero-order chi connectivity index (χ0) is 12.4. The van der Waals surface area contributed by atoms with Gasteiger partial charge in [-0.3, -0.25) is 0 Å². The maximum atomic E-state index is 5.50. The summed E-state index contributed by atoms with van der Waals surface area (Å²) in [5.41, 5.74) is 2.13. The number of pyridine rings is 1. The fraction of sp³-hybridized carbons (Fsp3) is 0.500. The van der Waals surface area contributed by atoms with Crippen molar-refractivity contribution in [1.82, 2.24) is 9.38 Å². The number of fused-ring (bicyclic) bond motifs is 1. The quantitative estimate of drug-likeness (QED) is 0.835. The average molecular weight is 246 g/mol. The minimum absolute atomic E-state index is 0.536. The van der Waals surface area contributed by atoms with Crippen LogP contribution in [0.4, 0.5) is 0 Å². The molecule has 0 spiro atoms. The van der Waals surface area contributed by atoms with Gasteiger partial charge < -0.3 is 13.9 Å². The van der Waals surface area contributed by atoms with Crippen molar-refractivity contribution < 1.29 is 9.47 Å². The number of rotatable bonds is 3. The lowest BCUT2D eigenvalue weighted by atomic mass is 9.97. The van der Waals surface area contributed by atoms with Crippen LogP contribution in [0.1, 0.15) is 31.4 Å². The molecule has 0 aliphatic carbocycles. The molecule has 0 atom stereocenters. The molecule has 0 N–H and O–H groups in total. The fourth-order valence-electron chi connectivity index (χ4n) is 2.43. The molecule has 2 aromatic heterocycles. The summed E-state index contributed by atoms with van der Waals surface area (Å²) in [4.78, 5) is 4.71. The first-order valence-electron chi connectivity index (χ1n) is 6.56. The second-order valence-corrected chi connectivity index (χ2v) is 4.61. The minimum Gasteiger partial charge on any atom is -0.494 e. The fourth-order valence-corrected chi connectivity index (χ4v) is 2.43. The molecule has 96 valence electrons. The molecule has 0 bridgehead atoms. The summed E-state index contributed by atoms with van der Waals surface area (Å²) in [6.07, 6.45) is 6.28. The van der Waals surface area contributed by atoms with Crippen molar-refractivity contribution in [3.8, 4) is 5.75 Å². The third kappa shape index (κ3) is 2.20. The molecular weight excluding hydrogens is 228 g/mol. The SMILES string of the molecule is CCOc1ccn2cc(C3CCOCC3)nc2c1. The Kier molecular flexibility index (Phi) is 3.19. The van der Waals surface area contributed by atoms with Gasteiger partial charge in [0.05, 0.1) is 12.3 Å². The van der Waals surface area contributed by atoms with Crippen LogP contribution >= 0.6 is 0 Å². The highest BCUT2D eigenvalue weighted by Crippen LogP contribution is 2.27. The van der Waals surface area contributed by atoms with E-state index in [0.717, 1.165) is 37.5 Å². The zero-order valence-corrected chi connectivity index (χ0v) is 10.6. The molecule has 0 aromatic carbocycles. The number of imidazole rings is 1. The van der Waals surface area contributed by atoms with Gasteiger partial charge in [-0.05, 0) is 25.8 Å². The van der Waals surface area contributed by atoms with E-state index in [1.165, 1.54) is 5.69 Å². The Bertz CT molecular complexity index is 530. The van der Waals surface area contributed by atoms with E-state index in [1.807, 2.05) is 25.3 Å². The molecule has 4 nitrogen and oxygen atoms in total. The first-order chi connectivity index (χ1) is 8.86. The molecule has 1 aliphatic heterocycles. The van der Waals surface area contributed by atoms with Gasteiger partial charge in [0, 0.05) is 37.6 Å². The monoisotopic (exact) mass is 246 g/mol. The number of ether oxygens (including phenoxy) is 2. The Morgan fingerprint density at radius 2 is 2.28 bits per heavy atom. The van der Waals surface area contributed by atoms with Crippen LogP contribution in [0.15, 0.2) is 24.5 Å². The van der Waals surface area contributed by atoms with Crippen LogP contribution in [0.3, 0.4) is 0 Å². The zero-order valence-electron chi connectivity index (χ0n) is 10.6. The molecule has 1 saturated heterocycles. The van der Waals surface area contributed by atoms with E-state index in [2.05, 4.69) is 10.6 Å². The minimum atomic E-state index is 0.536. The molecule has 1 fully saturated rings. The topological polar surface area (TPSA) is 35.8 Å². The highest BCUT2D eigenvalue weighted by molar-refractivity contribution is 5.46. The van der Waals surface area contributed by atoms with Gasteiger partial charge in [-0.1, -0.05) is 0 Å². The van der Waals surface area contributed by atoms with Crippen molar-refractivity contribution in [2.24, 2.45) is 0 Å². The van der Waals surface area contributed by atoms with Gasteiger partial charge in [-0.25, -0.2) is 4.98 Å². The van der Waals surface area contributed by atoms with Crippen molar-refractivity contribution in [2.75, 3.05) is 19.8 Å². The van der Waals surface area contributed by atoms with E-state index in [4.69, 9.17) is 14.5 Å². The predicted octanol–water partition coefficient (Wildman–Crippen LogP) is 2.63. The van der Waals surface area contributed by atoms with E-state index in [1.54, 1.807) is 0 Å². The largest absolute Gasteiger partial charge is 0.494 e. The molecule has 2 aromatic rings. The summed E-state index contributed by atoms with van der Waals surface area (Å²) in [5.74, 6) is 1.42. The van der Waals surface area contributed by atoms with E-state index < -0.39 is 0 Å². The summed E-state index contributed by atoms with van der Waals surface area (Å²) in [6, 6.07) is 3.97. The Hall–Kier alpha value is -1.55. The maximum Gasteiger partial charge on any atom is 0.140 e. The highest BCUT2D eigenvalue weighted by atomic mass is 16.5. The van der Waals surface area contributed by atoms with Crippen LogP contribution in [-0.4, -0.2) is 29.2 Å². The summed E-state index contributed by atoms with van der Waals surface area (Å²) < 4.78 is 12.9. The van der Waals surface area contributed by atoms with Gasteiger partial charge in [0.1, 0.15) is 11.4 Å². The van der Waals surface area contributed by atoms with Gasteiger partial charge in [-0.2, -0.15) is 0 Å². The first kappa shape index (κ1) is 11.5. The molecule has 0 saturated carbocycles. The molecule has 0 unspecified atom stereocenters. The van der Waals surface area contributed by atoms with Crippen LogP contribution in [0, 0.1) is 0 Å². The lowest BCUT2D eigenvalue weighted by molar-refractivity contribution is 0.0846. The van der Waals surface area contributed by atoms with Crippen LogP contribution in [0.25, 0.3) is 5.65 Å². The highest BCUT2D eigenvalue weighted by Gasteiger charge is 2.18. The normalized spacial score (nSPS) is 17.2. The second kappa shape index (κ2) is 4.98. The first-order valence-corrected chi connectivity index (χ1v) is 6.56. The van der Waals surface area contributed by atoms with Crippen molar-refractivity contribution in [2.45, 2.75) is 25.7 Å². The molecule has 0 radical (unpaired) electrons. The van der Waals surface area contributed by atoms with Crippen LogP contribution in [-0.2, 0) is 4.74 Å². The maximum absolute atomic E-state index is 5.50. The number of hydrogen-bond donors (Lipinski definition) is 0. The number of hydrogen-bond acceptors (Lipinski definition) is 3. The molecule has 3 heterocycles. The van der Waals surface area contributed by atoms with Crippen LogP contribution < -0.4 is 4.74 Å². The van der Waals surface area contributed by atoms with Crippen molar-refractivity contribution in [3.63, 3.8) is 0 Å². The molecular formula is C14H18N2O2. The van der Waals surface area contributed by atoms with Crippen LogP contribution in [0.5, 0.6) is 5.75 Å². The van der Waals surface area contributed by atoms with Crippen molar-refractivity contribution >= 4 is 5.65 Å². The Balaban J connectivity index is 1.89. The molecule has 1 aliphatic rings. The third-order valence-electron chi connectivity index (χ3n) is 3.40. The van der Waals surface area contributed by atoms with E-state index in [-0.39, 0.29) is 0 Å². The standard InChI is InChI=1S/C14H18N2O2/c1-2-18-12-3-6-16-10-13(15-14(16)9-12)11-4-7-17-8-5-11/h3,6,9-11H,2,4-5,7-8H2,1H3. The number of aromatic nitrogens is 2. The molecule has 18 heavy (non-hydrogen) atoms. The molecule has 0 amide bonds. The summed E-state index contributed by atoms with van der Waals surface area (Å²) in [7, 11) is 0. The van der Waals surface area contributed by atoms with Gasteiger partial charge in [0.25, 0.3) is 0 Å². The Labute approximate surface area is 107 Å². The van der Waals surface area contributed by atoms with Gasteiger partial charge >= 0.3 is 0 Å². The van der Waals surface area contributed by atoms with Crippen molar-refractivity contribution in [3.05, 3.63) is 30.2 Å². The van der Waals surface area contributed by atoms with Gasteiger partial charge in [-0.15, -0.1) is 0 Å². The molecule has 4 heteroatoms. The van der Waals surface area contributed by atoms with Gasteiger partial charge in [0.2, 0.25) is 0 Å². The van der Waals surface area contributed by atoms with Crippen molar-refractivity contribution in [1.29, 1.82) is 0 Å². The lowest BCUT2D eigenvalue weighted by Crippen LogP contribution is -2.14. The summed E-state index contributed by atoms with van der Waals surface area (Å²) in [5, 5.41) is 0. The van der Waals surface area contributed by atoms with Gasteiger partial charge in [0.15, 0.2) is 0 Å². The van der Waals surface area contributed by atoms with E-state index in [9.17, 15) is 0 Å².